The van der Waals surface area contributed by atoms with Crippen LogP contribution in [0.2, 0.25) is 0 Å². The first-order valence-electron chi connectivity index (χ1n) is 7.35. The van der Waals surface area contributed by atoms with Crippen molar-refractivity contribution in [1.82, 2.24) is 15.1 Å². The molecule has 1 heterocycles. The van der Waals surface area contributed by atoms with E-state index >= 15 is 0 Å². The van der Waals surface area contributed by atoms with Crippen molar-refractivity contribution in [1.29, 1.82) is 0 Å². The molecule has 1 amide bonds. The third-order valence-corrected chi connectivity index (χ3v) is 3.97. The second kappa shape index (κ2) is 7.41. The highest BCUT2D eigenvalue weighted by molar-refractivity contribution is 5.78. The van der Waals surface area contributed by atoms with Crippen molar-refractivity contribution in [2.75, 3.05) is 33.7 Å². The second-order valence-electron chi connectivity index (χ2n) is 5.65. The van der Waals surface area contributed by atoms with Gasteiger partial charge in [0.15, 0.2) is 0 Å². The molecule has 1 fully saturated rings. The van der Waals surface area contributed by atoms with Gasteiger partial charge in [-0.2, -0.15) is 0 Å². The van der Waals surface area contributed by atoms with Gasteiger partial charge in [0.2, 0.25) is 5.91 Å². The highest BCUT2D eigenvalue weighted by Crippen LogP contribution is 2.09. The second-order valence-corrected chi connectivity index (χ2v) is 5.65. The standard InChI is InChI=1S/C16H25N3O/c1-18(15-9-6-10-17-11-15)13-16(20)19(2)12-14-7-4-3-5-8-14/h3-5,7-8,15,17H,6,9-13H2,1-2H3. The van der Waals surface area contributed by atoms with Crippen molar-refractivity contribution >= 4 is 5.91 Å². The number of amides is 1. The predicted molar refractivity (Wildman–Crippen MR) is 81.4 cm³/mol. The smallest absolute Gasteiger partial charge is 0.236 e. The van der Waals surface area contributed by atoms with E-state index in [0.717, 1.165) is 13.1 Å². The Balaban J connectivity index is 1.81. The van der Waals surface area contributed by atoms with Gasteiger partial charge in [-0.1, -0.05) is 30.3 Å². The zero-order valence-electron chi connectivity index (χ0n) is 12.5. The van der Waals surface area contributed by atoms with Gasteiger partial charge in [-0.3, -0.25) is 9.69 Å². The first kappa shape index (κ1) is 15.0. The van der Waals surface area contributed by atoms with Crippen LogP contribution in [0.5, 0.6) is 0 Å². The summed E-state index contributed by atoms with van der Waals surface area (Å²) < 4.78 is 0. The zero-order valence-corrected chi connectivity index (χ0v) is 12.5. The lowest BCUT2D eigenvalue weighted by atomic mass is 10.1. The lowest BCUT2D eigenvalue weighted by Gasteiger charge is -2.32. The molecule has 0 bridgehead atoms. The summed E-state index contributed by atoms with van der Waals surface area (Å²) in [4.78, 5) is 16.2. The Bertz CT molecular complexity index is 415. The third-order valence-electron chi connectivity index (χ3n) is 3.97. The first-order valence-corrected chi connectivity index (χ1v) is 7.35. The maximum Gasteiger partial charge on any atom is 0.236 e. The number of likely N-dealkylation sites (N-methyl/N-ethyl adjacent to an activating group) is 2. The van der Waals surface area contributed by atoms with Crippen molar-refractivity contribution in [3.05, 3.63) is 35.9 Å². The van der Waals surface area contributed by atoms with E-state index in [1.165, 1.54) is 18.4 Å². The molecule has 1 saturated heterocycles. The van der Waals surface area contributed by atoms with Crippen molar-refractivity contribution in [2.45, 2.75) is 25.4 Å². The van der Waals surface area contributed by atoms with E-state index in [2.05, 4.69) is 22.3 Å². The number of nitrogens with one attached hydrogen (secondary N) is 1. The van der Waals surface area contributed by atoms with Crippen LogP contribution >= 0.6 is 0 Å². The fraction of sp³-hybridized carbons (Fsp3) is 0.562. The van der Waals surface area contributed by atoms with E-state index < -0.39 is 0 Å². The highest BCUT2D eigenvalue weighted by atomic mass is 16.2. The number of carbonyl (C=O) groups excluding carboxylic acids is 1. The Morgan fingerprint density at radius 2 is 2.05 bits per heavy atom. The van der Waals surface area contributed by atoms with Gasteiger partial charge in [0.1, 0.15) is 0 Å². The van der Waals surface area contributed by atoms with Crippen molar-refractivity contribution in [2.24, 2.45) is 0 Å². The average Bonchev–Trinajstić information content (AvgIpc) is 2.49. The quantitative estimate of drug-likeness (QED) is 0.880. The zero-order chi connectivity index (χ0) is 14.4. The molecule has 0 saturated carbocycles. The summed E-state index contributed by atoms with van der Waals surface area (Å²) >= 11 is 0. The molecule has 0 spiro atoms. The van der Waals surface area contributed by atoms with Crippen LogP contribution < -0.4 is 5.32 Å². The molecule has 4 nitrogen and oxygen atoms in total. The predicted octanol–water partition coefficient (Wildman–Crippen LogP) is 1.33. The number of carbonyl (C=O) groups is 1. The van der Waals surface area contributed by atoms with Crippen LogP contribution in [0.25, 0.3) is 0 Å². The third kappa shape index (κ3) is 4.32. The number of piperidine rings is 1. The summed E-state index contributed by atoms with van der Waals surface area (Å²) in [5.74, 6) is 0.182. The summed E-state index contributed by atoms with van der Waals surface area (Å²) in [5, 5.41) is 3.39. The molecule has 2 rings (SSSR count). The molecule has 1 N–H and O–H groups in total. The monoisotopic (exact) mass is 275 g/mol. The highest BCUT2D eigenvalue weighted by Gasteiger charge is 2.20. The Morgan fingerprint density at radius 1 is 1.30 bits per heavy atom. The molecule has 1 aliphatic heterocycles. The molecule has 1 atom stereocenters. The lowest BCUT2D eigenvalue weighted by molar-refractivity contribution is -0.131. The van der Waals surface area contributed by atoms with Gasteiger partial charge < -0.3 is 10.2 Å². The molecule has 110 valence electrons. The van der Waals surface area contributed by atoms with Crippen molar-refractivity contribution in [3.63, 3.8) is 0 Å². The molecular formula is C16H25N3O. The van der Waals surface area contributed by atoms with E-state index in [1.54, 1.807) is 0 Å². The topological polar surface area (TPSA) is 35.6 Å². The minimum absolute atomic E-state index is 0.182. The molecule has 1 aromatic carbocycles. The Hall–Kier alpha value is -1.39. The molecule has 1 unspecified atom stereocenters. The van der Waals surface area contributed by atoms with Crippen LogP contribution in [0.3, 0.4) is 0 Å². The Morgan fingerprint density at radius 3 is 2.70 bits per heavy atom. The molecule has 20 heavy (non-hydrogen) atoms. The van der Waals surface area contributed by atoms with E-state index in [9.17, 15) is 4.79 Å². The minimum Gasteiger partial charge on any atom is -0.340 e. The average molecular weight is 275 g/mol. The molecular weight excluding hydrogens is 250 g/mol. The molecule has 0 aromatic heterocycles. The maximum atomic E-state index is 12.3. The SMILES string of the molecule is CN(Cc1ccccc1)C(=O)CN(C)C1CCCNC1. The van der Waals surface area contributed by atoms with Crippen LogP contribution in [-0.2, 0) is 11.3 Å². The van der Waals surface area contributed by atoms with Crippen LogP contribution in [0.15, 0.2) is 30.3 Å². The van der Waals surface area contributed by atoms with Gasteiger partial charge in [-0.05, 0) is 32.0 Å². The summed E-state index contributed by atoms with van der Waals surface area (Å²) in [7, 11) is 3.92. The van der Waals surface area contributed by atoms with E-state index in [-0.39, 0.29) is 5.91 Å². The first-order chi connectivity index (χ1) is 9.66. The van der Waals surface area contributed by atoms with Gasteiger partial charge in [-0.25, -0.2) is 0 Å². The lowest BCUT2D eigenvalue weighted by Crippen LogP contribution is -2.47. The number of hydrogen-bond acceptors (Lipinski definition) is 3. The van der Waals surface area contributed by atoms with Crippen LogP contribution in [0, 0.1) is 0 Å². The number of benzene rings is 1. The summed E-state index contributed by atoms with van der Waals surface area (Å²) in [5.41, 5.74) is 1.17. The van der Waals surface area contributed by atoms with Crippen LogP contribution in [0.4, 0.5) is 0 Å². The van der Waals surface area contributed by atoms with Crippen LogP contribution in [0.1, 0.15) is 18.4 Å². The van der Waals surface area contributed by atoms with Gasteiger partial charge >= 0.3 is 0 Å². The van der Waals surface area contributed by atoms with Gasteiger partial charge in [0, 0.05) is 26.2 Å². The molecule has 0 aliphatic carbocycles. The Labute approximate surface area is 121 Å². The number of nitrogens with zero attached hydrogens (tertiary/aromatic N) is 2. The van der Waals surface area contributed by atoms with Crippen molar-refractivity contribution in [3.8, 4) is 0 Å². The fourth-order valence-corrected chi connectivity index (χ4v) is 2.62. The minimum atomic E-state index is 0.182. The fourth-order valence-electron chi connectivity index (χ4n) is 2.62. The van der Waals surface area contributed by atoms with Gasteiger partial charge in [0.05, 0.1) is 6.54 Å². The molecule has 1 aromatic rings. The van der Waals surface area contributed by atoms with Crippen LogP contribution in [-0.4, -0.2) is 55.5 Å². The molecule has 1 aliphatic rings. The van der Waals surface area contributed by atoms with Gasteiger partial charge in [-0.15, -0.1) is 0 Å². The van der Waals surface area contributed by atoms with E-state index in [1.807, 2.05) is 37.2 Å². The number of hydrogen-bond donors (Lipinski definition) is 1. The maximum absolute atomic E-state index is 12.3. The van der Waals surface area contributed by atoms with E-state index in [0.29, 0.717) is 19.1 Å². The van der Waals surface area contributed by atoms with E-state index in [4.69, 9.17) is 0 Å². The molecule has 0 radical (unpaired) electrons. The molecule has 4 heteroatoms. The van der Waals surface area contributed by atoms with Gasteiger partial charge in [0.25, 0.3) is 0 Å². The largest absolute Gasteiger partial charge is 0.340 e. The summed E-state index contributed by atoms with van der Waals surface area (Å²) in [6.45, 7) is 3.27. The summed E-state index contributed by atoms with van der Waals surface area (Å²) in [6.07, 6.45) is 2.38. The number of rotatable bonds is 5. The Kier molecular flexibility index (Phi) is 5.56. The summed E-state index contributed by atoms with van der Waals surface area (Å²) in [6, 6.07) is 10.6. The van der Waals surface area contributed by atoms with Crippen molar-refractivity contribution < 1.29 is 4.79 Å². The normalized spacial score (nSPS) is 19.1.